The third kappa shape index (κ3) is 2.26. The minimum Gasteiger partial charge on any atom is -0.390 e. The van der Waals surface area contributed by atoms with Gasteiger partial charge in [0.05, 0.1) is 6.61 Å². The van der Waals surface area contributed by atoms with Crippen LogP contribution in [0.3, 0.4) is 0 Å². The van der Waals surface area contributed by atoms with E-state index in [0.717, 1.165) is 11.3 Å². The predicted octanol–water partition coefficient (Wildman–Crippen LogP) is 2.82. The Morgan fingerprint density at radius 1 is 1.31 bits per heavy atom. The van der Waals surface area contributed by atoms with E-state index in [1.807, 2.05) is 22.9 Å². The molecule has 1 N–H and O–H groups in total. The van der Waals surface area contributed by atoms with Crippen LogP contribution in [0.15, 0.2) is 36.5 Å². The smallest absolute Gasteiger partial charge is 0.124 e. The molecule has 2 nitrogen and oxygen atoms in total. The molecule has 84 valence electrons. The monoisotopic (exact) mass is 239 g/mol. The van der Waals surface area contributed by atoms with Gasteiger partial charge in [-0.15, -0.1) is 0 Å². The van der Waals surface area contributed by atoms with Crippen molar-refractivity contribution in [3.8, 4) is 0 Å². The number of aromatic nitrogens is 1. The molecule has 0 fully saturated rings. The van der Waals surface area contributed by atoms with Crippen LogP contribution >= 0.6 is 11.6 Å². The number of aliphatic hydroxyl groups is 1. The summed E-state index contributed by atoms with van der Waals surface area (Å²) in [4.78, 5) is 0. The minimum absolute atomic E-state index is 0.0220. The first-order valence-electron chi connectivity index (χ1n) is 4.89. The van der Waals surface area contributed by atoms with Gasteiger partial charge in [0.1, 0.15) is 5.82 Å². The third-order valence-electron chi connectivity index (χ3n) is 2.44. The van der Waals surface area contributed by atoms with Crippen LogP contribution in [-0.2, 0) is 13.2 Å². The van der Waals surface area contributed by atoms with Gasteiger partial charge in [-0.2, -0.15) is 0 Å². The zero-order valence-corrected chi connectivity index (χ0v) is 9.28. The number of hydrogen-bond donors (Lipinski definition) is 1. The van der Waals surface area contributed by atoms with E-state index in [0.29, 0.717) is 11.6 Å². The van der Waals surface area contributed by atoms with E-state index in [4.69, 9.17) is 16.7 Å². The van der Waals surface area contributed by atoms with Gasteiger partial charge in [0.15, 0.2) is 0 Å². The Morgan fingerprint density at radius 2 is 2.12 bits per heavy atom. The zero-order chi connectivity index (χ0) is 11.5. The first kappa shape index (κ1) is 11.2. The van der Waals surface area contributed by atoms with E-state index in [9.17, 15) is 4.39 Å². The molecule has 0 aliphatic heterocycles. The molecule has 0 aliphatic rings. The van der Waals surface area contributed by atoms with Crippen molar-refractivity contribution >= 4 is 11.6 Å². The number of nitrogens with zero attached hydrogens (tertiary/aromatic N) is 1. The Labute approximate surface area is 97.9 Å². The number of rotatable bonds is 3. The molecule has 0 aliphatic carbocycles. The molecule has 2 aromatic rings. The van der Waals surface area contributed by atoms with Crippen molar-refractivity contribution in [1.29, 1.82) is 0 Å². The average molecular weight is 240 g/mol. The van der Waals surface area contributed by atoms with Gasteiger partial charge in [-0.25, -0.2) is 4.39 Å². The van der Waals surface area contributed by atoms with E-state index in [1.165, 1.54) is 12.1 Å². The molecular formula is C12H11ClFNO. The summed E-state index contributed by atoms with van der Waals surface area (Å²) < 4.78 is 14.7. The molecule has 2 rings (SSSR count). The quantitative estimate of drug-likeness (QED) is 0.876. The molecular weight excluding hydrogens is 229 g/mol. The molecule has 1 aromatic carbocycles. The molecule has 1 aromatic heterocycles. The van der Waals surface area contributed by atoms with Gasteiger partial charge >= 0.3 is 0 Å². The van der Waals surface area contributed by atoms with Gasteiger partial charge in [-0.1, -0.05) is 17.7 Å². The van der Waals surface area contributed by atoms with Crippen molar-refractivity contribution in [3.63, 3.8) is 0 Å². The zero-order valence-electron chi connectivity index (χ0n) is 8.53. The highest BCUT2D eigenvalue weighted by molar-refractivity contribution is 6.31. The summed E-state index contributed by atoms with van der Waals surface area (Å²) in [5.74, 6) is -0.344. The maximum absolute atomic E-state index is 12.8. The number of hydrogen-bond acceptors (Lipinski definition) is 1. The summed E-state index contributed by atoms with van der Waals surface area (Å²) in [5.41, 5.74) is 1.63. The molecule has 0 radical (unpaired) electrons. The second kappa shape index (κ2) is 4.68. The second-order valence-electron chi connectivity index (χ2n) is 3.52. The number of halogens is 2. The van der Waals surface area contributed by atoms with Crippen LogP contribution in [0, 0.1) is 5.82 Å². The normalized spacial score (nSPS) is 10.7. The largest absolute Gasteiger partial charge is 0.390 e. The van der Waals surface area contributed by atoms with E-state index < -0.39 is 0 Å². The van der Waals surface area contributed by atoms with Crippen molar-refractivity contribution in [2.75, 3.05) is 0 Å². The first-order valence-corrected chi connectivity index (χ1v) is 5.27. The highest BCUT2D eigenvalue weighted by atomic mass is 35.5. The summed E-state index contributed by atoms with van der Waals surface area (Å²) in [6, 6.07) is 8.00. The van der Waals surface area contributed by atoms with Crippen LogP contribution in [0.4, 0.5) is 4.39 Å². The fourth-order valence-corrected chi connectivity index (χ4v) is 1.81. The van der Waals surface area contributed by atoms with Gasteiger partial charge in [0.2, 0.25) is 0 Å². The lowest BCUT2D eigenvalue weighted by Crippen LogP contribution is -2.03. The van der Waals surface area contributed by atoms with Gasteiger partial charge < -0.3 is 9.67 Å². The fraction of sp³-hybridized carbons (Fsp3) is 0.167. The average Bonchev–Trinajstić information content (AvgIpc) is 2.69. The van der Waals surface area contributed by atoms with E-state index in [2.05, 4.69) is 0 Å². The van der Waals surface area contributed by atoms with Crippen molar-refractivity contribution in [2.24, 2.45) is 0 Å². The lowest BCUT2D eigenvalue weighted by Gasteiger charge is -2.09. The van der Waals surface area contributed by atoms with Gasteiger partial charge in [0, 0.05) is 23.5 Å². The summed E-state index contributed by atoms with van der Waals surface area (Å²) in [7, 11) is 0. The van der Waals surface area contributed by atoms with Gasteiger partial charge in [-0.05, 0) is 29.8 Å². The van der Waals surface area contributed by atoms with Crippen molar-refractivity contribution in [1.82, 2.24) is 4.57 Å². The van der Waals surface area contributed by atoms with Crippen LogP contribution in [0.2, 0.25) is 5.02 Å². The number of aliphatic hydroxyl groups excluding tert-OH is 1. The highest BCUT2D eigenvalue weighted by Gasteiger charge is 2.05. The molecule has 0 saturated heterocycles. The van der Waals surface area contributed by atoms with Crippen LogP contribution in [-0.4, -0.2) is 9.67 Å². The van der Waals surface area contributed by atoms with Crippen LogP contribution in [0.25, 0.3) is 0 Å². The third-order valence-corrected chi connectivity index (χ3v) is 2.79. The summed E-state index contributed by atoms with van der Waals surface area (Å²) in [6.45, 7) is 0.508. The Hall–Kier alpha value is -1.32. The molecule has 4 heteroatoms. The van der Waals surface area contributed by atoms with Crippen molar-refractivity contribution in [3.05, 3.63) is 58.6 Å². The van der Waals surface area contributed by atoms with Crippen LogP contribution < -0.4 is 0 Å². The summed E-state index contributed by atoms with van der Waals surface area (Å²) in [6.07, 6.45) is 1.85. The lowest BCUT2D eigenvalue weighted by atomic mass is 10.2. The van der Waals surface area contributed by atoms with Gasteiger partial charge in [0.25, 0.3) is 0 Å². The maximum Gasteiger partial charge on any atom is 0.124 e. The molecule has 0 amide bonds. The number of benzene rings is 1. The SMILES string of the molecule is OCc1cccn1Cc1ccc(F)cc1Cl. The van der Waals surface area contributed by atoms with Crippen molar-refractivity contribution < 1.29 is 9.50 Å². The minimum atomic E-state index is -0.344. The second-order valence-corrected chi connectivity index (χ2v) is 3.93. The van der Waals surface area contributed by atoms with Crippen LogP contribution in [0.1, 0.15) is 11.3 Å². The molecule has 0 bridgehead atoms. The van der Waals surface area contributed by atoms with E-state index in [-0.39, 0.29) is 12.4 Å². The molecule has 0 spiro atoms. The fourth-order valence-electron chi connectivity index (χ4n) is 1.58. The lowest BCUT2D eigenvalue weighted by molar-refractivity contribution is 0.271. The first-order chi connectivity index (χ1) is 7.70. The Balaban J connectivity index is 2.27. The predicted molar refractivity (Wildman–Crippen MR) is 60.9 cm³/mol. The Morgan fingerprint density at radius 3 is 2.81 bits per heavy atom. The topological polar surface area (TPSA) is 25.2 Å². The van der Waals surface area contributed by atoms with Crippen LogP contribution in [0.5, 0.6) is 0 Å². The van der Waals surface area contributed by atoms with E-state index >= 15 is 0 Å². The molecule has 0 saturated carbocycles. The molecule has 1 heterocycles. The standard InChI is InChI=1S/C12H11ClFNO/c13-12-6-10(14)4-3-9(12)7-15-5-1-2-11(15)8-16/h1-6,16H,7-8H2. The van der Waals surface area contributed by atoms with Gasteiger partial charge in [-0.3, -0.25) is 0 Å². The summed E-state index contributed by atoms with van der Waals surface area (Å²) in [5, 5.41) is 9.49. The Bertz CT molecular complexity index is 496. The van der Waals surface area contributed by atoms with Crippen molar-refractivity contribution in [2.45, 2.75) is 13.2 Å². The maximum atomic E-state index is 12.8. The summed E-state index contributed by atoms with van der Waals surface area (Å²) >= 11 is 5.93. The highest BCUT2D eigenvalue weighted by Crippen LogP contribution is 2.19. The Kier molecular flexibility index (Phi) is 3.27. The molecule has 16 heavy (non-hydrogen) atoms. The van der Waals surface area contributed by atoms with E-state index in [1.54, 1.807) is 6.07 Å². The molecule has 0 atom stereocenters. The molecule has 0 unspecified atom stereocenters.